The highest BCUT2D eigenvalue weighted by Crippen LogP contribution is 2.42. The predicted octanol–water partition coefficient (Wildman–Crippen LogP) is 5.01. The topological polar surface area (TPSA) is 29.5 Å². The molecule has 1 N–H and O–H groups in total. The number of aliphatic hydroxyl groups is 1. The number of aliphatic hydroxyl groups excluding tert-OH is 1. The predicted molar refractivity (Wildman–Crippen MR) is 81.5 cm³/mol. The number of benzene rings is 1. The molecular formula is C15H19BrClFO2. The molecule has 0 amide bonds. The second-order valence-corrected chi connectivity index (χ2v) is 6.58. The van der Waals surface area contributed by atoms with Crippen molar-refractivity contribution in [2.24, 2.45) is 0 Å². The highest BCUT2D eigenvalue weighted by Gasteiger charge is 2.40. The molecule has 5 heteroatoms. The van der Waals surface area contributed by atoms with E-state index in [1.54, 1.807) is 19.2 Å². The molecular weight excluding hydrogens is 347 g/mol. The van der Waals surface area contributed by atoms with Gasteiger partial charge in [0.05, 0.1) is 10.6 Å². The van der Waals surface area contributed by atoms with Crippen LogP contribution in [-0.2, 0) is 4.74 Å². The van der Waals surface area contributed by atoms with Crippen LogP contribution in [0.1, 0.15) is 50.2 Å². The van der Waals surface area contributed by atoms with Gasteiger partial charge < -0.3 is 9.84 Å². The third-order valence-electron chi connectivity index (χ3n) is 4.21. The molecule has 1 fully saturated rings. The smallest absolute Gasteiger partial charge is 0.148 e. The lowest BCUT2D eigenvalue weighted by molar-refractivity contribution is -0.115. The highest BCUT2D eigenvalue weighted by molar-refractivity contribution is 9.10. The van der Waals surface area contributed by atoms with Crippen LogP contribution < -0.4 is 0 Å². The second-order valence-electron chi connectivity index (χ2n) is 5.35. The van der Waals surface area contributed by atoms with Gasteiger partial charge in [-0.15, -0.1) is 0 Å². The van der Waals surface area contributed by atoms with Gasteiger partial charge in [-0.25, -0.2) is 4.39 Å². The Morgan fingerprint density at radius 2 is 1.90 bits per heavy atom. The summed E-state index contributed by atoms with van der Waals surface area (Å²) in [6.45, 7) is 0. The van der Waals surface area contributed by atoms with E-state index in [1.807, 2.05) is 0 Å². The number of rotatable bonds is 3. The number of methoxy groups -OCH3 is 1. The SMILES string of the molecule is COC1(C(O)c2ccc(Br)c(Cl)c2F)CCCCCC1. The van der Waals surface area contributed by atoms with Crippen molar-refractivity contribution in [3.63, 3.8) is 0 Å². The van der Waals surface area contributed by atoms with Crippen molar-refractivity contribution in [1.29, 1.82) is 0 Å². The second kappa shape index (κ2) is 6.73. The number of hydrogen-bond donors (Lipinski definition) is 1. The van der Waals surface area contributed by atoms with Crippen LogP contribution in [0.5, 0.6) is 0 Å². The fourth-order valence-corrected chi connectivity index (χ4v) is 3.43. The van der Waals surface area contributed by atoms with Crippen molar-refractivity contribution in [2.75, 3.05) is 7.11 Å². The molecule has 112 valence electrons. The van der Waals surface area contributed by atoms with Crippen LogP contribution in [0, 0.1) is 5.82 Å². The molecule has 0 saturated heterocycles. The maximum Gasteiger partial charge on any atom is 0.148 e. The summed E-state index contributed by atoms with van der Waals surface area (Å²) < 4.78 is 20.4. The number of hydrogen-bond acceptors (Lipinski definition) is 2. The summed E-state index contributed by atoms with van der Waals surface area (Å²) in [5, 5.41) is 10.7. The average Bonchev–Trinajstić information content (AvgIpc) is 2.71. The first-order valence-electron chi connectivity index (χ1n) is 6.88. The zero-order chi connectivity index (χ0) is 14.8. The van der Waals surface area contributed by atoms with Gasteiger partial charge >= 0.3 is 0 Å². The van der Waals surface area contributed by atoms with Crippen molar-refractivity contribution in [1.82, 2.24) is 0 Å². The summed E-state index contributed by atoms with van der Waals surface area (Å²) >= 11 is 9.10. The van der Waals surface area contributed by atoms with E-state index in [9.17, 15) is 9.50 Å². The minimum Gasteiger partial charge on any atom is -0.385 e. The summed E-state index contributed by atoms with van der Waals surface area (Å²) in [6, 6.07) is 3.23. The van der Waals surface area contributed by atoms with Crippen LogP contribution in [0.25, 0.3) is 0 Å². The number of ether oxygens (including phenoxy) is 1. The van der Waals surface area contributed by atoms with Crippen molar-refractivity contribution in [3.8, 4) is 0 Å². The van der Waals surface area contributed by atoms with Gasteiger partial charge in [-0.1, -0.05) is 43.4 Å². The lowest BCUT2D eigenvalue weighted by Crippen LogP contribution is -2.38. The lowest BCUT2D eigenvalue weighted by Gasteiger charge is -2.36. The first-order valence-corrected chi connectivity index (χ1v) is 8.05. The monoisotopic (exact) mass is 364 g/mol. The van der Waals surface area contributed by atoms with Gasteiger partial charge in [-0.3, -0.25) is 0 Å². The summed E-state index contributed by atoms with van der Waals surface area (Å²) in [5.74, 6) is -0.575. The van der Waals surface area contributed by atoms with Gasteiger partial charge in [-0.05, 0) is 34.8 Å². The normalized spacial score (nSPS) is 20.4. The Labute approximate surface area is 132 Å². The van der Waals surface area contributed by atoms with Crippen molar-refractivity contribution in [2.45, 2.75) is 50.2 Å². The molecule has 0 aromatic heterocycles. The van der Waals surface area contributed by atoms with Gasteiger partial charge in [0.1, 0.15) is 11.9 Å². The van der Waals surface area contributed by atoms with E-state index in [4.69, 9.17) is 16.3 Å². The van der Waals surface area contributed by atoms with Gasteiger partial charge in [0.2, 0.25) is 0 Å². The fourth-order valence-electron chi connectivity index (χ4n) is 2.95. The zero-order valence-electron chi connectivity index (χ0n) is 11.5. The molecule has 0 bridgehead atoms. The van der Waals surface area contributed by atoms with Crippen LogP contribution in [0.15, 0.2) is 16.6 Å². The molecule has 0 radical (unpaired) electrons. The molecule has 1 aliphatic rings. The fraction of sp³-hybridized carbons (Fsp3) is 0.600. The van der Waals surface area contributed by atoms with E-state index in [-0.39, 0.29) is 10.6 Å². The van der Waals surface area contributed by atoms with Crippen molar-refractivity contribution < 1.29 is 14.2 Å². The summed E-state index contributed by atoms with van der Waals surface area (Å²) in [4.78, 5) is 0. The average molecular weight is 366 g/mol. The molecule has 1 saturated carbocycles. The molecule has 0 spiro atoms. The van der Waals surface area contributed by atoms with Crippen LogP contribution >= 0.6 is 27.5 Å². The molecule has 20 heavy (non-hydrogen) atoms. The van der Waals surface area contributed by atoms with E-state index in [2.05, 4.69) is 15.9 Å². The Balaban J connectivity index is 2.37. The number of halogens is 3. The maximum atomic E-state index is 14.3. The van der Waals surface area contributed by atoms with E-state index in [0.29, 0.717) is 4.47 Å². The van der Waals surface area contributed by atoms with Gasteiger partial charge in [0.15, 0.2) is 0 Å². The van der Waals surface area contributed by atoms with Crippen LogP contribution in [0.2, 0.25) is 5.02 Å². The molecule has 2 rings (SSSR count). The summed E-state index contributed by atoms with van der Waals surface area (Å²) in [5.41, 5.74) is -0.504. The minimum absolute atomic E-state index is 0.00132. The Morgan fingerprint density at radius 3 is 2.45 bits per heavy atom. The van der Waals surface area contributed by atoms with Gasteiger partial charge in [0.25, 0.3) is 0 Å². The van der Waals surface area contributed by atoms with Crippen LogP contribution in [0.3, 0.4) is 0 Å². The van der Waals surface area contributed by atoms with Gasteiger partial charge in [-0.2, -0.15) is 0 Å². The third-order valence-corrected chi connectivity index (χ3v) is 5.47. The first-order chi connectivity index (χ1) is 9.52. The lowest BCUT2D eigenvalue weighted by atomic mass is 9.84. The van der Waals surface area contributed by atoms with Crippen LogP contribution in [-0.4, -0.2) is 17.8 Å². The molecule has 1 aromatic rings. The first kappa shape index (κ1) is 16.2. The Hall–Kier alpha value is -0.160. The minimum atomic E-state index is -1.00. The van der Waals surface area contributed by atoms with E-state index < -0.39 is 17.5 Å². The third kappa shape index (κ3) is 3.03. The zero-order valence-corrected chi connectivity index (χ0v) is 13.8. The molecule has 1 atom stereocenters. The Kier molecular flexibility index (Phi) is 5.46. The highest BCUT2D eigenvalue weighted by atomic mass is 79.9. The Bertz CT molecular complexity index is 473. The molecule has 1 unspecified atom stereocenters. The standard InChI is InChI=1S/C15H19BrClFO2/c1-20-15(8-4-2-3-5-9-15)14(19)10-6-7-11(16)12(17)13(10)18/h6-7,14,19H,2-5,8-9H2,1H3. The molecule has 0 aliphatic heterocycles. The quantitative estimate of drug-likeness (QED) is 0.602. The largest absolute Gasteiger partial charge is 0.385 e. The molecule has 0 heterocycles. The molecule has 1 aliphatic carbocycles. The maximum absolute atomic E-state index is 14.3. The molecule has 2 nitrogen and oxygen atoms in total. The van der Waals surface area contributed by atoms with Gasteiger partial charge in [0, 0.05) is 17.1 Å². The van der Waals surface area contributed by atoms with Crippen molar-refractivity contribution in [3.05, 3.63) is 33.0 Å². The Morgan fingerprint density at radius 1 is 1.30 bits per heavy atom. The molecule has 1 aromatic carbocycles. The van der Waals surface area contributed by atoms with Crippen molar-refractivity contribution >= 4 is 27.5 Å². The van der Waals surface area contributed by atoms with E-state index in [0.717, 1.165) is 38.5 Å². The summed E-state index contributed by atoms with van der Waals surface area (Å²) in [7, 11) is 1.59. The summed E-state index contributed by atoms with van der Waals surface area (Å²) in [6.07, 6.45) is 4.68. The van der Waals surface area contributed by atoms with Crippen LogP contribution in [0.4, 0.5) is 4.39 Å². The van der Waals surface area contributed by atoms with E-state index >= 15 is 0 Å². The van der Waals surface area contributed by atoms with E-state index in [1.165, 1.54) is 0 Å².